The highest BCUT2D eigenvalue weighted by Gasteiger charge is 2.33. The SMILES string of the molecule is CCCCCCCCCCCCCCCCCCCCCCCC(=O)OC(C)OC(=O)N1C(N2CCN(C)CC2)=c2cc(C)sc2=Nc2ccccc21. The summed E-state index contributed by atoms with van der Waals surface area (Å²) >= 11 is 1.62. The first-order valence-electron chi connectivity index (χ1n) is 21.3. The van der Waals surface area contributed by atoms with Crippen molar-refractivity contribution in [1.29, 1.82) is 0 Å². The molecule has 0 spiro atoms. The molecule has 3 heterocycles. The van der Waals surface area contributed by atoms with Gasteiger partial charge in [0.15, 0.2) is 0 Å². The number of aryl methyl sites for hydroxylation is 1. The van der Waals surface area contributed by atoms with Crippen LogP contribution in [0.2, 0.25) is 0 Å². The molecule has 1 saturated heterocycles. The molecule has 53 heavy (non-hydrogen) atoms. The summed E-state index contributed by atoms with van der Waals surface area (Å²) in [6.07, 6.45) is 26.7. The Kier molecular flexibility index (Phi) is 19.8. The molecule has 2 aliphatic heterocycles. The Bertz CT molecular complexity index is 1480. The van der Waals surface area contributed by atoms with Gasteiger partial charge in [-0.05, 0) is 38.6 Å². The van der Waals surface area contributed by atoms with Crippen molar-refractivity contribution >= 4 is 40.6 Å². The Morgan fingerprint density at radius 1 is 0.736 bits per heavy atom. The van der Waals surface area contributed by atoms with Crippen LogP contribution in [0.15, 0.2) is 35.3 Å². The fourth-order valence-electron chi connectivity index (χ4n) is 7.52. The summed E-state index contributed by atoms with van der Waals surface area (Å²) in [5, 5.41) is 0.921. The maximum absolute atomic E-state index is 14.0. The van der Waals surface area contributed by atoms with Gasteiger partial charge in [0.1, 0.15) is 10.5 Å². The second-order valence-corrected chi connectivity index (χ2v) is 16.6. The lowest BCUT2D eigenvalue weighted by Crippen LogP contribution is -2.51. The fourth-order valence-corrected chi connectivity index (χ4v) is 8.40. The van der Waals surface area contributed by atoms with Crippen LogP contribution < -0.4 is 14.8 Å². The topological polar surface area (TPSA) is 74.7 Å². The number of rotatable bonds is 25. The van der Waals surface area contributed by atoms with Gasteiger partial charge < -0.3 is 19.3 Å². The van der Waals surface area contributed by atoms with Gasteiger partial charge in [-0.25, -0.2) is 14.7 Å². The number of thiophene rings is 1. The highest BCUT2D eigenvalue weighted by Crippen LogP contribution is 2.34. The number of esters is 1. The lowest BCUT2D eigenvalue weighted by atomic mass is 10.0. The number of carbonyl (C=O) groups excluding carboxylic acids is 2. The van der Waals surface area contributed by atoms with E-state index in [1.807, 2.05) is 24.3 Å². The third-order valence-electron chi connectivity index (χ3n) is 10.7. The van der Waals surface area contributed by atoms with Gasteiger partial charge >= 0.3 is 12.1 Å². The van der Waals surface area contributed by atoms with Crippen LogP contribution in [-0.4, -0.2) is 61.4 Å². The van der Waals surface area contributed by atoms with Crippen LogP contribution >= 0.6 is 11.3 Å². The number of unbranched alkanes of at least 4 members (excludes halogenated alkanes) is 20. The van der Waals surface area contributed by atoms with Crippen molar-refractivity contribution in [2.24, 2.45) is 4.99 Å². The number of amides is 1. The number of anilines is 1. The van der Waals surface area contributed by atoms with Crippen molar-refractivity contribution in [1.82, 2.24) is 9.80 Å². The van der Waals surface area contributed by atoms with Gasteiger partial charge in [-0.1, -0.05) is 147 Å². The molecule has 1 amide bonds. The van der Waals surface area contributed by atoms with Crippen LogP contribution in [0.5, 0.6) is 0 Å². The van der Waals surface area contributed by atoms with Crippen LogP contribution in [0.25, 0.3) is 5.82 Å². The zero-order valence-electron chi connectivity index (χ0n) is 33.7. The zero-order chi connectivity index (χ0) is 37.7. The minimum Gasteiger partial charge on any atom is -0.425 e. The Balaban J connectivity index is 1.08. The smallest absolute Gasteiger partial charge is 0.423 e. The third-order valence-corrected chi connectivity index (χ3v) is 11.6. The molecule has 0 aliphatic carbocycles. The van der Waals surface area contributed by atoms with Gasteiger partial charge in [-0.2, -0.15) is 0 Å². The fraction of sp³-hybridized carbons (Fsp3) is 0.705. The van der Waals surface area contributed by atoms with Crippen molar-refractivity contribution in [2.75, 3.05) is 38.1 Å². The van der Waals surface area contributed by atoms with E-state index in [4.69, 9.17) is 14.5 Å². The number of likely N-dealkylation sites (N-methyl/N-ethyl adjacent to an activating group) is 1. The maximum atomic E-state index is 14.0. The molecule has 1 fully saturated rings. The molecule has 9 heteroatoms. The summed E-state index contributed by atoms with van der Waals surface area (Å²) in [5.41, 5.74) is 1.36. The standard InChI is InChI=1S/C44H70N4O4S/c1-5-6-7-8-9-10-11-12-13-14-15-16-17-18-19-20-21-22-23-24-25-30-41(49)51-37(3)52-44(50)48-40-29-27-26-28-39(40)45-42-38(35-36(2)53-42)43(48)47-33-31-46(4)32-34-47/h26-29,35,37H,5-25,30-34H2,1-4H3. The predicted molar refractivity (Wildman–Crippen MR) is 220 cm³/mol. The molecule has 1 aromatic carbocycles. The van der Waals surface area contributed by atoms with E-state index >= 15 is 0 Å². The van der Waals surface area contributed by atoms with Gasteiger partial charge in [0, 0.05) is 44.4 Å². The molecule has 0 saturated carbocycles. The van der Waals surface area contributed by atoms with Crippen molar-refractivity contribution in [2.45, 2.75) is 168 Å². The summed E-state index contributed by atoms with van der Waals surface area (Å²) in [6.45, 7) is 9.29. The number of hydrogen-bond donors (Lipinski definition) is 0. The van der Waals surface area contributed by atoms with Gasteiger partial charge in [-0.15, -0.1) is 11.3 Å². The minimum atomic E-state index is -1.00. The molecule has 2 aromatic rings. The lowest BCUT2D eigenvalue weighted by Gasteiger charge is -2.39. The van der Waals surface area contributed by atoms with E-state index in [1.54, 1.807) is 23.2 Å². The van der Waals surface area contributed by atoms with E-state index < -0.39 is 12.4 Å². The third kappa shape index (κ3) is 15.0. The molecule has 0 radical (unpaired) electrons. The number of fused-ring (bicyclic) bond motifs is 2. The lowest BCUT2D eigenvalue weighted by molar-refractivity contribution is -0.164. The number of carbonyl (C=O) groups is 2. The second kappa shape index (κ2) is 24.5. The van der Waals surface area contributed by atoms with E-state index in [1.165, 1.54) is 116 Å². The van der Waals surface area contributed by atoms with Gasteiger partial charge in [0.25, 0.3) is 0 Å². The first kappa shape index (κ1) is 42.8. The Morgan fingerprint density at radius 3 is 1.79 bits per heavy atom. The summed E-state index contributed by atoms with van der Waals surface area (Å²) in [7, 11) is 2.12. The van der Waals surface area contributed by atoms with E-state index in [2.05, 4.69) is 36.8 Å². The minimum absolute atomic E-state index is 0.326. The van der Waals surface area contributed by atoms with E-state index in [0.717, 1.165) is 66.0 Å². The predicted octanol–water partition coefficient (Wildman–Crippen LogP) is 10.8. The molecule has 0 bridgehead atoms. The van der Waals surface area contributed by atoms with E-state index in [0.29, 0.717) is 17.8 Å². The van der Waals surface area contributed by atoms with Crippen LogP contribution in [0, 0.1) is 6.92 Å². The maximum Gasteiger partial charge on any atom is 0.423 e. The Morgan fingerprint density at radius 2 is 1.25 bits per heavy atom. The van der Waals surface area contributed by atoms with Crippen LogP contribution in [0.4, 0.5) is 16.2 Å². The van der Waals surface area contributed by atoms with Crippen LogP contribution in [-0.2, 0) is 14.3 Å². The van der Waals surface area contributed by atoms with Crippen molar-refractivity contribution in [3.05, 3.63) is 45.1 Å². The molecule has 4 rings (SSSR count). The number of hydrogen-bond acceptors (Lipinski definition) is 8. The highest BCUT2D eigenvalue weighted by molar-refractivity contribution is 7.09. The number of nitrogens with zero attached hydrogens (tertiary/aromatic N) is 4. The monoisotopic (exact) mass is 751 g/mol. The van der Waals surface area contributed by atoms with Crippen molar-refractivity contribution in [3.8, 4) is 0 Å². The van der Waals surface area contributed by atoms with E-state index in [9.17, 15) is 9.59 Å². The molecule has 8 nitrogen and oxygen atoms in total. The highest BCUT2D eigenvalue weighted by atomic mass is 32.1. The summed E-state index contributed by atoms with van der Waals surface area (Å²) < 4.78 is 12.3. The zero-order valence-corrected chi connectivity index (χ0v) is 34.5. The average molecular weight is 751 g/mol. The quantitative estimate of drug-likeness (QED) is 0.0571. The van der Waals surface area contributed by atoms with Crippen molar-refractivity contribution < 1.29 is 19.1 Å². The number of ether oxygens (including phenoxy) is 2. The first-order valence-corrected chi connectivity index (χ1v) is 22.1. The van der Waals surface area contributed by atoms with Gasteiger partial charge in [0.2, 0.25) is 6.29 Å². The van der Waals surface area contributed by atoms with Crippen LogP contribution in [0.3, 0.4) is 0 Å². The second-order valence-electron chi connectivity index (χ2n) is 15.4. The Hall–Kier alpha value is -2.91. The van der Waals surface area contributed by atoms with Gasteiger partial charge in [-0.3, -0.25) is 4.79 Å². The molecule has 1 unspecified atom stereocenters. The molecule has 1 aromatic heterocycles. The number of benzene rings is 1. The largest absolute Gasteiger partial charge is 0.425 e. The normalized spacial score (nSPS) is 15.1. The van der Waals surface area contributed by atoms with Crippen molar-refractivity contribution in [3.63, 3.8) is 0 Å². The molecular formula is C44H70N4O4S. The number of para-hydroxylation sites is 2. The molecular weight excluding hydrogens is 681 g/mol. The Labute approximate surface area is 325 Å². The van der Waals surface area contributed by atoms with Crippen LogP contribution in [0.1, 0.15) is 160 Å². The molecule has 1 atom stereocenters. The van der Waals surface area contributed by atoms with Gasteiger partial charge in [0.05, 0.1) is 16.6 Å². The summed E-state index contributed by atoms with van der Waals surface area (Å²) in [6, 6.07) is 9.76. The average Bonchev–Trinajstić information content (AvgIpc) is 3.44. The molecule has 0 N–H and O–H groups in total. The van der Waals surface area contributed by atoms with E-state index in [-0.39, 0.29) is 5.97 Å². The molecule has 296 valence electrons. The summed E-state index contributed by atoms with van der Waals surface area (Å²) in [4.78, 5) is 39.0. The first-order chi connectivity index (χ1) is 25.9. The summed E-state index contributed by atoms with van der Waals surface area (Å²) in [5.74, 6) is 0.447. The molecule has 2 aliphatic rings. The number of piperazine rings is 1.